The standard InChI is InChI=1S/C12H10N2OS/c15-12(9-5-1-2-6-10(9)16)14-11-7-3-4-8-13-11/h1-8,16H,(H,13,14,15). The number of anilines is 1. The summed E-state index contributed by atoms with van der Waals surface area (Å²) < 4.78 is 0. The van der Waals surface area contributed by atoms with Gasteiger partial charge >= 0.3 is 0 Å². The third kappa shape index (κ3) is 2.41. The molecule has 0 aliphatic carbocycles. The zero-order chi connectivity index (χ0) is 11.4. The molecule has 0 bridgehead atoms. The van der Waals surface area contributed by atoms with Gasteiger partial charge < -0.3 is 5.32 Å². The zero-order valence-corrected chi connectivity index (χ0v) is 9.32. The van der Waals surface area contributed by atoms with Crippen LogP contribution in [0.5, 0.6) is 0 Å². The first-order valence-electron chi connectivity index (χ1n) is 4.78. The Morgan fingerprint density at radius 2 is 1.88 bits per heavy atom. The molecule has 3 nitrogen and oxygen atoms in total. The molecule has 1 amide bonds. The topological polar surface area (TPSA) is 42.0 Å². The molecule has 0 aliphatic heterocycles. The summed E-state index contributed by atoms with van der Waals surface area (Å²) in [4.78, 5) is 16.5. The highest BCUT2D eigenvalue weighted by molar-refractivity contribution is 7.80. The molecule has 0 fully saturated rings. The van der Waals surface area contributed by atoms with E-state index >= 15 is 0 Å². The van der Waals surface area contributed by atoms with Crippen molar-refractivity contribution in [2.24, 2.45) is 0 Å². The number of carbonyl (C=O) groups is 1. The second kappa shape index (κ2) is 4.81. The summed E-state index contributed by atoms with van der Waals surface area (Å²) in [5.74, 6) is 0.327. The minimum absolute atomic E-state index is 0.204. The maximum atomic E-state index is 11.8. The molecule has 0 unspecified atom stereocenters. The quantitative estimate of drug-likeness (QED) is 0.779. The van der Waals surface area contributed by atoms with Crippen molar-refractivity contribution in [1.29, 1.82) is 0 Å². The van der Waals surface area contributed by atoms with Crippen LogP contribution < -0.4 is 5.32 Å². The van der Waals surface area contributed by atoms with Crippen molar-refractivity contribution >= 4 is 24.4 Å². The molecule has 0 saturated carbocycles. The van der Waals surface area contributed by atoms with Crippen molar-refractivity contribution in [2.45, 2.75) is 4.90 Å². The van der Waals surface area contributed by atoms with Gasteiger partial charge in [0.2, 0.25) is 0 Å². The lowest BCUT2D eigenvalue weighted by molar-refractivity contribution is 0.102. The molecule has 0 saturated heterocycles. The van der Waals surface area contributed by atoms with Crippen LogP contribution in [-0.2, 0) is 0 Å². The minimum atomic E-state index is -0.204. The van der Waals surface area contributed by atoms with Gasteiger partial charge in [-0.3, -0.25) is 4.79 Å². The van der Waals surface area contributed by atoms with Crippen molar-refractivity contribution in [3.05, 3.63) is 54.2 Å². The second-order valence-electron chi connectivity index (χ2n) is 3.19. The summed E-state index contributed by atoms with van der Waals surface area (Å²) >= 11 is 4.22. The first kappa shape index (κ1) is 10.7. The lowest BCUT2D eigenvalue weighted by Gasteiger charge is -2.05. The highest BCUT2D eigenvalue weighted by atomic mass is 32.1. The number of hydrogen-bond donors (Lipinski definition) is 2. The van der Waals surface area contributed by atoms with Crippen molar-refractivity contribution in [2.75, 3.05) is 5.32 Å². The maximum absolute atomic E-state index is 11.8. The van der Waals surface area contributed by atoms with Crippen LogP contribution in [0, 0.1) is 0 Å². The van der Waals surface area contributed by atoms with Crippen LogP contribution in [0.4, 0.5) is 5.82 Å². The van der Waals surface area contributed by atoms with Crippen LogP contribution in [0.25, 0.3) is 0 Å². The molecule has 4 heteroatoms. The number of hydrogen-bond acceptors (Lipinski definition) is 3. The van der Waals surface area contributed by atoms with E-state index in [1.165, 1.54) is 0 Å². The summed E-state index contributed by atoms with van der Waals surface area (Å²) in [5, 5.41) is 2.70. The Labute approximate surface area is 98.9 Å². The summed E-state index contributed by atoms with van der Waals surface area (Å²) in [6.07, 6.45) is 1.63. The molecular weight excluding hydrogens is 220 g/mol. The Morgan fingerprint density at radius 3 is 2.56 bits per heavy atom. The fourth-order valence-electron chi connectivity index (χ4n) is 1.29. The molecule has 1 N–H and O–H groups in total. The van der Waals surface area contributed by atoms with Gasteiger partial charge in [0.15, 0.2) is 0 Å². The van der Waals surface area contributed by atoms with E-state index in [1.54, 1.807) is 36.5 Å². The van der Waals surface area contributed by atoms with E-state index in [0.29, 0.717) is 16.3 Å². The fourth-order valence-corrected chi connectivity index (χ4v) is 1.55. The van der Waals surface area contributed by atoms with E-state index in [-0.39, 0.29) is 5.91 Å². The maximum Gasteiger partial charge on any atom is 0.257 e. The SMILES string of the molecule is O=C(Nc1ccccn1)c1ccccc1S. The van der Waals surface area contributed by atoms with E-state index in [2.05, 4.69) is 22.9 Å². The van der Waals surface area contributed by atoms with Gasteiger partial charge in [-0.15, -0.1) is 12.6 Å². The van der Waals surface area contributed by atoms with Crippen molar-refractivity contribution in [1.82, 2.24) is 4.98 Å². The van der Waals surface area contributed by atoms with Gasteiger partial charge in [0, 0.05) is 11.1 Å². The number of nitrogens with one attached hydrogen (secondary N) is 1. The van der Waals surface area contributed by atoms with Crippen LogP contribution in [0.2, 0.25) is 0 Å². The number of benzene rings is 1. The average Bonchev–Trinajstić information content (AvgIpc) is 2.31. The smallest absolute Gasteiger partial charge is 0.257 e. The molecule has 2 rings (SSSR count). The summed E-state index contributed by atoms with van der Waals surface area (Å²) in [6, 6.07) is 12.5. The molecule has 16 heavy (non-hydrogen) atoms. The van der Waals surface area contributed by atoms with E-state index < -0.39 is 0 Å². The number of amides is 1. The number of thiol groups is 1. The molecule has 2 aromatic rings. The first-order valence-corrected chi connectivity index (χ1v) is 5.22. The van der Waals surface area contributed by atoms with E-state index in [1.807, 2.05) is 12.1 Å². The molecule has 1 heterocycles. The average molecular weight is 230 g/mol. The summed E-state index contributed by atoms with van der Waals surface area (Å²) in [5.41, 5.74) is 0.538. The van der Waals surface area contributed by atoms with Crippen molar-refractivity contribution in [3.63, 3.8) is 0 Å². The third-order valence-electron chi connectivity index (χ3n) is 2.06. The van der Waals surface area contributed by atoms with Gasteiger partial charge in [-0.2, -0.15) is 0 Å². The zero-order valence-electron chi connectivity index (χ0n) is 8.42. The van der Waals surface area contributed by atoms with E-state index in [4.69, 9.17) is 0 Å². The fraction of sp³-hybridized carbons (Fsp3) is 0. The van der Waals surface area contributed by atoms with E-state index in [9.17, 15) is 4.79 Å². The predicted molar refractivity (Wildman–Crippen MR) is 65.9 cm³/mol. The van der Waals surface area contributed by atoms with Crippen molar-refractivity contribution in [3.8, 4) is 0 Å². The minimum Gasteiger partial charge on any atom is -0.307 e. The highest BCUT2D eigenvalue weighted by Crippen LogP contribution is 2.14. The monoisotopic (exact) mass is 230 g/mol. The molecule has 1 aromatic carbocycles. The molecule has 80 valence electrons. The predicted octanol–water partition coefficient (Wildman–Crippen LogP) is 2.62. The lowest BCUT2D eigenvalue weighted by Crippen LogP contribution is -2.13. The highest BCUT2D eigenvalue weighted by Gasteiger charge is 2.08. The van der Waals surface area contributed by atoms with Crippen LogP contribution in [0.1, 0.15) is 10.4 Å². The second-order valence-corrected chi connectivity index (χ2v) is 3.67. The van der Waals surface area contributed by atoms with Crippen LogP contribution >= 0.6 is 12.6 Å². The summed E-state index contributed by atoms with van der Waals surface area (Å²) in [7, 11) is 0. The Bertz CT molecular complexity index is 499. The van der Waals surface area contributed by atoms with Gasteiger partial charge in [0.1, 0.15) is 5.82 Å². The summed E-state index contributed by atoms with van der Waals surface area (Å²) in [6.45, 7) is 0. The van der Waals surface area contributed by atoms with Gasteiger partial charge in [0.25, 0.3) is 5.91 Å². The lowest BCUT2D eigenvalue weighted by atomic mass is 10.2. The molecule has 0 radical (unpaired) electrons. The van der Waals surface area contributed by atoms with Gasteiger partial charge in [0.05, 0.1) is 5.56 Å². The number of aromatic nitrogens is 1. The Hall–Kier alpha value is -1.81. The Kier molecular flexibility index (Phi) is 3.22. The molecule has 0 spiro atoms. The van der Waals surface area contributed by atoms with Gasteiger partial charge in [-0.05, 0) is 24.3 Å². The van der Waals surface area contributed by atoms with Crippen LogP contribution in [0.15, 0.2) is 53.6 Å². The van der Waals surface area contributed by atoms with Gasteiger partial charge in [-0.1, -0.05) is 18.2 Å². The van der Waals surface area contributed by atoms with E-state index in [0.717, 1.165) is 0 Å². The van der Waals surface area contributed by atoms with Crippen LogP contribution in [-0.4, -0.2) is 10.9 Å². The third-order valence-corrected chi connectivity index (χ3v) is 2.45. The number of rotatable bonds is 2. The van der Waals surface area contributed by atoms with Gasteiger partial charge in [-0.25, -0.2) is 4.98 Å². The van der Waals surface area contributed by atoms with Crippen molar-refractivity contribution < 1.29 is 4.79 Å². The number of pyridine rings is 1. The Balaban J connectivity index is 2.19. The Morgan fingerprint density at radius 1 is 1.12 bits per heavy atom. The molecule has 0 atom stereocenters. The first-order chi connectivity index (χ1) is 7.77. The molecule has 1 aromatic heterocycles. The number of nitrogens with zero attached hydrogens (tertiary/aromatic N) is 1. The molecular formula is C12H10N2OS. The number of carbonyl (C=O) groups excluding carboxylic acids is 1. The largest absolute Gasteiger partial charge is 0.307 e. The van der Waals surface area contributed by atoms with Crippen LogP contribution in [0.3, 0.4) is 0 Å². The molecule has 0 aliphatic rings. The normalized spacial score (nSPS) is 9.81.